The van der Waals surface area contributed by atoms with Gasteiger partial charge in [-0.3, -0.25) is 4.98 Å². The van der Waals surface area contributed by atoms with Crippen LogP contribution in [0, 0.1) is 5.92 Å². The first-order chi connectivity index (χ1) is 18.8. The lowest BCUT2D eigenvalue weighted by Crippen LogP contribution is -2.35. The summed E-state index contributed by atoms with van der Waals surface area (Å²) in [7, 11) is -2.61. The summed E-state index contributed by atoms with van der Waals surface area (Å²) < 4.78 is 46.8. The van der Waals surface area contributed by atoms with Crippen molar-refractivity contribution in [1.82, 2.24) is 15.0 Å². The van der Waals surface area contributed by atoms with E-state index >= 15 is 0 Å². The number of anilines is 1. The van der Waals surface area contributed by atoms with Crippen molar-refractivity contribution in [3.8, 4) is 34.6 Å². The second kappa shape index (κ2) is 12.5. The van der Waals surface area contributed by atoms with Crippen LogP contribution in [0.15, 0.2) is 83.9 Å². The smallest absolute Gasteiger partial charge is 0.265 e. The number of pyridine rings is 1. The molecule has 0 fully saturated rings. The third kappa shape index (κ3) is 6.44. The van der Waals surface area contributed by atoms with E-state index in [0.29, 0.717) is 17.2 Å². The molecule has 0 atom stereocenters. The molecule has 2 heterocycles. The fourth-order valence-corrected chi connectivity index (χ4v) is 5.29. The van der Waals surface area contributed by atoms with Gasteiger partial charge in [-0.2, -0.15) is 4.98 Å². The highest BCUT2D eigenvalue weighted by Gasteiger charge is 2.33. The van der Waals surface area contributed by atoms with Gasteiger partial charge in [-0.25, -0.2) is 17.7 Å². The quantitative estimate of drug-likeness (QED) is 0.270. The van der Waals surface area contributed by atoms with Crippen LogP contribution in [0.2, 0.25) is 0 Å². The molecular weight excluding hydrogens is 520 g/mol. The summed E-state index contributed by atoms with van der Waals surface area (Å²) in [6.45, 7) is 3.47. The Hall–Kier alpha value is -4.22. The maximum atomic E-state index is 14.1. The predicted molar refractivity (Wildman–Crippen MR) is 147 cm³/mol. The first-order valence-corrected chi connectivity index (χ1v) is 13.7. The molecule has 10 nitrogen and oxygen atoms in total. The molecule has 0 spiro atoms. The van der Waals surface area contributed by atoms with Gasteiger partial charge < -0.3 is 19.3 Å². The summed E-state index contributed by atoms with van der Waals surface area (Å²) in [5.74, 6) is 0.602. The fraction of sp³-hybridized carbons (Fsp3) is 0.250. The van der Waals surface area contributed by atoms with E-state index in [2.05, 4.69) is 15.0 Å². The minimum Gasteiger partial charge on any atom is -0.493 e. The van der Waals surface area contributed by atoms with Crippen molar-refractivity contribution >= 4 is 15.8 Å². The molecule has 39 heavy (non-hydrogen) atoms. The highest BCUT2D eigenvalue weighted by Crippen LogP contribution is 2.43. The number of ether oxygens (including phenoxy) is 3. The van der Waals surface area contributed by atoms with Gasteiger partial charge in [0, 0.05) is 12.7 Å². The number of benzene rings is 2. The van der Waals surface area contributed by atoms with Crippen LogP contribution in [-0.4, -0.2) is 55.3 Å². The van der Waals surface area contributed by atoms with Crippen LogP contribution in [0.3, 0.4) is 0 Å². The van der Waals surface area contributed by atoms with E-state index in [-0.39, 0.29) is 53.8 Å². The van der Waals surface area contributed by atoms with Gasteiger partial charge in [0.1, 0.15) is 12.3 Å². The Labute approximate surface area is 227 Å². The summed E-state index contributed by atoms with van der Waals surface area (Å²) in [6, 6.07) is 20.2. The Morgan fingerprint density at radius 2 is 1.62 bits per heavy atom. The molecule has 4 aromatic rings. The molecule has 204 valence electrons. The molecule has 0 bridgehead atoms. The number of hydrogen-bond donors (Lipinski definition) is 1. The Morgan fingerprint density at radius 3 is 2.26 bits per heavy atom. The average molecular weight is 551 g/mol. The van der Waals surface area contributed by atoms with Gasteiger partial charge in [0.2, 0.25) is 5.75 Å². The van der Waals surface area contributed by atoms with E-state index in [1.807, 2.05) is 13.8 Å². The van der Waals surface area contributed by atoms with Gasteiger partial charge in [-0.15, -0.1) is 0 Å². The number of methoxy groups -OCH3 is 1. The molecule has 0 aliphatic carbocycles. The number of hydrogen-bond acceptors (Lipinski definition) is 9. The van der Waals surface area contributed by atoms with Gasteiger partial charge in [0.05, 0.1) is 18.6 Å². The molecule has 0 aliphatic rings. The van der Waals surface area contributed by atoms with Crippen LogP contribution in [0.5, 0.6) is 23.1 Å². The zero-order chi connectivity index (χ0) is 27.8. The lowest BCUT2D eigenvalue weighted by Gasteiger charge is -2.28. The monoisotopic (exact) mass is 550 g/mol. The van der Waals surface area contributed by atoms with Crippen LogP contribution in [0.1, 0.15) is 13.8 Å². The maximum absolute atomic E-state index is 14.1. The SMILES string of the molecule is COc1ccccc1Oc1c(OCCO)nc(-c2ccccn2)nc1N(CC(C)C)S(=O)(=O)c1ccccc1. The lowest BCUT2D eigenvalue weighted by atomic mass is 10.2. The lowest BCUT2D eigenvalue weighted by molar-refractivity contribution is 0.192. The van der Waals surface area contributed by atoms with Gasteiger partial charge >= 0.3 is 0 Å². The van der Waals surface area contributed by atoms with Crippen LogP contribution < -0.4 is 18.5 Å². The molecule has 2 aromatic heterocycles. The summed E-state index contributed by atoms with van der Waals surface area (Å²) >= 11 is 0. The molecule has 0 amide bonds. The van der Waals surface area contributed by atoms with E-state index < -0.39 is 10.0 Å². The van der Waals surface area contributed by atoms with Crippen molar-refractivity contribution < 1.29 is 27.7 Å². The van der Waals surface area contributed by atoms with Gasteiger partial charge in [0.15, 0.2) is 23.1 Å². The van der Waals surface area contributed by atoms with Crippen molar-refractivity contribution in [2.45, 2.75) is 18.7 Å². The summed E-state index contributed by atoms with van der Waals surface area (Å²) in [5.41, 5.74) is 0.401. The van der Waals surface area contributed by atoms with E-state index in [1.165, 1.54) is 23.5 Å². The molecule has 1 N–H and O–H groups in total. The van der Waals surface area contributed by atoms with Crippen LogP contribution in [-0.2, 0) is 10.0 Å². The number of nitrogens with zero attached hydrogens (tertiary/aromatic N) is 4. The topological polar surface area (TPSA) is 124 Å². The first kappa shape index (κ1) is 27.8. The van der Waals surface area contributed by atoms with Crippen molar-refractivity contribution in [1.29, 1.82) is 0 Å². The van der Waals surface area contributed by atoms with Crippen molar-refractivity contribution in [2.75, 3.05) is 31.2 Å². The molecule has 4 rings (SSSR count). The van der Waals surface area contributed by atoms with Crippen molar-refractivity contribution in [2.24, 2.45) is 5.92 Å². The maximum Gasteiger partial charge on any atom is 0.265 e. The molecule has 0 unspecified atom stereocenters. The van der Waals surface area contributed by atoms with Crippen molar-refractivity contribution in [3.63, 3.8) is 0 Å². The molecule has 11 heteroatoms. The Morgan fingerprint density at radius 1 is 0.923 bits per heavy atom. The van der Waals surface area contributed by atoms with Crippen LogP contribution in [0.25, 0.3) is 11.5 Å². The van der Waals surface area contributed by atoms with E-state index in [0.717, 1.165) is 0 Å². The van der Waals surface area contributed by atoms with E-state index in [4.69, 9.17) is 14.2 Å². The van der Waals surface area contributed by atoms with Crippen molar-refractivity contribution in [3.05, 3.63) is 79.0 Å². The summed E-state index contributed by atoms with van der Waals surface area (Å²) in [5, 5.41) is 9.50. The van der Waals surface area contributed by atoms with E-state index in [1.54, 1.807) is 66.9 Å². The molecule has 0 saturated heterocycles. The molecular formula is C28H30N4O6S. The number of sulfonamides is 1. The largest absolute Gasteiger partial charge is 0.493 e. The summed E-state index contributed by atoms with van der Waals surface area (Å²) in [6.07, 6.45) is 1.58. The molecule has 0 saturated carbocycles. The highest BCUT2D eigenvalue weighted by molar-refractivity contribution is 7.92. The molecule has 0 aliphatic heterocycles. The number of para-hydroxylation sites is 2. The first-order valence-electron chi connectivity index (χ1n) is 12.3. The zero-order valence-corrected chi connectivity index (χ0v) is 22.7. The number of aliphatic hydroxyl groups is 1. The summed E-state index contributed by atoms with van der Waals surface area (Å²) in [4.78, 5) is 13.6. The highest BCUT2D eigenvalue weighted by atomic mass is 32.2. The third-order valence-electron chi connectivity index (χ3n) is 5.42. The fourth-order valence-electron chi connectivity index (χ4n) is 3.69. The number of aromatic nitrogens is 3. The second-order valence-corrected chi connectivity index (χ2v) is 10.7. The van der Waals surface area contributed by atoms with E-state index in [9.17, 15) is 13.5 Å². The van der Waals surface area contributed by atoms with Crippen LogP contribution >= 0.6 is 0 Å². The zero-order valence-electron chi connectivity index (χ0n) is 21.9. The average Bonchev–Trinajstić information content (AvgIpc) is 2.96. The van der Waals surface area contributed by atoms with Gasteiger partial charge in [-0.05, 0) is 42.3 Å². The van der Waals surface area contributed by atoms with Crippen LogP contribution in [0.4, 0.5) is 5.82 Å². The van der Waals surface area contributed by atoms with Gasteiger partial charge in [0.25, 0.3) is 15.9 Å². The second-order valence-electron chi connectivity index (χ2n) is 8.79. The Balaban J connectivity index is 2.02. The number of aliphatic hydroxyl groups excluding tert-OH is 1. The number of rotatable bonds is 12. The predicted octanol–water partition coefficient (Wildman–Crippen LogP) is 4.56. The molecule has 2 aromatic carbocycles. The van der Waals surface area contributed by atoms with Gasteiger partial charge in [-0.1, -0.05) is 50.2 Å². The normalized spacial score (nSPS) is 11.3. The minimum absolute atomic E-state index is 0.0398. The Bertz CT molecular complexity index is 1480. The standard InChI is InChI=1S/C28H30N4O6S/c1-20(2)19-32(39(34,35)21-11-5-4-6-12-21)27-25(38-24-15-8-7-14-23(24)36-3)28(37-18-17-33)31-26(30-27)22-13-9-10-16-29-22/h4-16,20,33H,17-19H2,1-3H3. The Kier molecular flexibility index (Phi) is 8.95. The minimum atomic E-state index is -4.11. The molecule has 0 radical (unpaired) electrons. The third-order valence-corrected chi connectivity index (χ3v) is 7.19.